The smallest absolute Gasteiger partial charge is 0.123 e. The lowest BCUT2D eigenvalue weighted by molar-refractivity contribution is 0.191. The van der Waals surface area contributed by atoms with Crippen LogP contribution in [0.2, 0.25) is 0 Å². The molecule has 0 heterocycles. The van der Waals surface area contributed by atoms with Gasteiger partial charge in [0.25, 0.3) is 0 Å². The van der Waals surface area contributed by atoms with E-state index in [1.165, 1.54) is 6.07 Å². The highest BCUT2D eigenvalue weighted by Gasteiger charge is 2.11. The summed E-state index contributed by atoms with van der Waals surface area (Å²) in [6, 6.07) is 6.96. The molecule has 18 heavy (non-hydrogen) atoms. The third kappa shape index (κ3) is 5.61. The molecule has 0 saturated heterocycles. The van der Waals surface area contributed by atoms with E-state index in [9.17, 15) is 4.39 Å². The molecular weight excluding hydrogens is 229 g/mol. The number of hydrogen-bond acceptors (Lipinski definition) is 2. The van der Waals surface area contributed by atoms with Crippen LogP contribution in [0.3, 0.4) is 0 Å². The quantitative estimate of drug-likeness (QED) is 0.682. The van der Waals surface area contributed by atoms with Gasteiger partial charge < -0.3 is 10.1 Å². The van der Waals surface area contributed by atoms with Gasteiger partial charge in [0.15, 0.2) is 0 Å². The van der Waals surface area contributed by atoms with Gasteiger partial charge in [0.2, 0.25) is 0 Å². The van der Waals surface area contributed by atoms with E-state index in [1.54, 1.807) is 19.2 Å². The van der Waals surface area contributed by atoms with Gasteiger partial charge in [-0.2, -0.15) is 0 Å². The number of likely N-dealkylation sites (N-methyl/N-ethyl adjacent to an activating group) is 1. The summed E-state index contributed by atoms with van der Waals surface area (Å²) in [6.45, 7) is 4.75. The molecule has 1 atom stereocenters. The van der Waals surface area contributed by atoms with Crippen molar-refractivity contribution < 1.29 is 9.13 Å². The second-order valence-corrected chi connectivity index (χ2v) is 4.55. The van der Waals surface area contributed by atoms with Gasteiger partial charge in [0.05, 0.1) is 0 Å². The summed E-state index contributed by atoms with van der Waals surface area (Å²) in [5.74, 6) is 0.239. The maximum atomic E-state index is 13.3. The van der Waals surface area contributed by atoms with Crippen LogP contribution < -0.4 is 5.32 Å². The molecule has 3 heteroatoms. The van der Waals surface area contributed by atoms with Crippen LogP contribution in [0.1, 0.15) is 37.7 Å². The fourth-order valence-corrected chi connectivity index (χ4v) is 2.10. The number of nitrogens with one attached hydrogen (secondary N) is 1. The van der Waals surface area contributed by atoms with Gasteiger partial charge in [-0.25, -0.2) is 4.39 Å². The number of halogens is 1. The van der Waals surface area contributed by atoms with Crippen molar-refractivity contribution in [3.05, 3.63) is 35.6 Å². The molecule has 1 unspecified atom stereocenters. The van der Waals surface area contributed by atoms with Gasteiger partial charge in [0, 0.05) is 20.3 Å². The number of ether oxygens (including phenoxy) is 1. The summed E-state index contributed by atoms with van der Waals surface area (Å²) in [7, 11) is 1.72. The minimum atomic E-state index is -0.147. The Bertz CT molecular complexity index is 330. The van der Waals surface area contributed by atoms with E-state index in [1.807, 2.05) is 6.07 Å². The molecule has 0 aliphatic rings. The van der Waals surface area contributed by atoms with E-state index < -0.39 is 0 Å². The minimum absolute atomic E-state index is 0.147. The van der Waals surface area contributed by atoms with Gasteiger partial charge >= 0.3 is 0 Å². The zero-order chi connectivity index (χ0) is 13.2. The third-order valence-corrected chi connectivity index (χ3v) is 3.11. The molecule has 0 amide bonds. The van der Waals surface area contributed by atoms with E-state index in [-0.39, 0.29) is 5.82 Å². The van der Waals surface area contributed by atoms with Crippen molar-refractivity contribution in [2.24, 2.45) is 0 Å². The van der Waals surface area contributed by atoms with E-state index in [0.29, 0.717) is 5.92 Å². The molecule has 1 N–H and O–H groups in total. The zero-order valence-electron chi connectivity index (χ0n) is 11.4. The standard InChI is InChI=1S/C15H24FNO/c1-3-17-12-14(7-4-5-10-18-2)13-8-6-9-15(16)11-13/h6,8-9,11,14,17H,3-5,7,10,12H2,1-2H3. The fourth-order valence-electron chi connectivity index (χ4n) is 2.10. The molecule has 0 fully saturated rings. The summed E-state index contributed by atoms with van der Waals surface area (Å²) >= 11 is 0. The molecular formula is C15H24FNO. The summed E-state index contributed by atoms with van der Waals surface area (Å²) in [4.78, 5) is 0. The van der Waals surface area contributed by atoms with Gasteiger partial charge in [-0.05, 0) is 43.0 Å². The second kappa shape index (κ2) is 9.06. The minimum Gasteiger partial charge on any atom is -0.385 e. The molecule has 0 bridgehead atoms. The first-order chi connectivity index (χ1) is 8.77. The molecule has 0 aromatic heterocycles. The largest absolute Gasteiger partial charge is 0.385 e. The zero-order valence-corrected chi connectivity index (χ0v) is 11.4. The first-order valence-electron chi connectivity index (χ1n) is 6.73. The van der Waals surface area contributed by atoms with Gasteiger partial charge in [-0.15, -0.1) is 0 Å². The van der Waals surface area contributed by atoms with Crippen molar-refractivity contribution >= 4 is 0 Å². The van der Waals surface area contributed by atoms with Crippen LogP contribution in [0.15, 0.2) is 24.3 Å². The Hall–Kier alpha value is -0.930. The van der Waals surface area contributed by atoms with Crippen LogP contribution >= 0.6 is 0 Å². The van der Waals surface area contributed by atoms with Crippen LogP contribution in [-0.2, 0) is 4.74 Å². The predicted molar refractivity (Wildman–Crippen MR) is 73.4 cm³/mol. The average Bonchev–Trinajstić information content (AvgIpc) is 2.38. The highest BCUT2D eigenvalue weighted by molar-refractivity contribution is 5.21. The molecule has 2 nitrogen and oxygen atoms in total. The van der Waals surface area contributed by atoms with Gasteiger partial charge in [-0.1, -0.05) is 25.5 Å². The van der Waals surface area contributed by atoms with Crippen molar-refractivity contribution in [1.82, 2.24) is 5.32 Å². The summed E-state index contributed by atoms with van der Waals surface area (Å²) in [6.07, 6.45) is 3.24. The Morgan fingerprint density at radius 1 is 1.33 bits per heavy atom. The molecule has 102 valence electrons. The maximum Gasteiger partial charge on any atom is 0.123 e. The molecule has 0 spiro atoms. The van der Waals surface area contributed by atoms with E-state index in [2.05, 4.69) is 12.2 Å². The van der Waals surface area contributed by atoms with Crippen molar-refractivity contribution in [2.75, 3.05) is 26.8 Å². The second-order valence-electron chi connectivity index (χ2n) is 4.55. The lowest BCUT2D eigenvalue weighted by Gasteiger charge is -2.17. The number of rotatable bonds is 9. The lowest BCUT2D eigenvalue weighted by Crippen LogP contribution is -2.21. The fraction of sp³-hybridized carbons (Fsp3) is 0.600. The average molecular weight is 253 g/mol. The molecule has 0 aliphatic heterocycles. The van der Waals surface area contributed by atoms with Crippen LogP contribution in [-0.4, -0.2) is 26.8 Å². The Labute approximate surface area is 110 Å². The van der Waals surface area contributed by atoms with E-state index in [4.69, 9.17) is 4.74 Å². The van der Waals surface area contributed by atoms with Crippen molar-refractivity contribution in [2.45, 2.75) is 32.1 Å². The first-order valence-corrected chi connectivity index (χ1v) is 6.73. The van der Waals surface area contributed by atoms with E-state index in [0.717, 1.165) is 44.5 Å². The molecule has 0 aliphatic carbocycles. The van der Waals surface area contributed by atoms with Crippen LogP contribution in [0, 0.1) is 5.82 Å². The number of unbranched alkanes of at least 4 members (excludes halogenated alkanes) is 1. The highest BCUT2D eigenvalue weighted by Crippen LogP contribution is 2.22. The van der Waals surface area contributed by atoms with Crippen LogP contribution in [0.5, 0.6) is 0 Å². The van der Waals surface area contributed by atoms with Crippen LogP contribution in [0.25, 0.3) is 0 Å². The molecule has 1 rings (SSSR count). The molecule has 0 saturated carbocycles. The Kier molecular flexibility index (Phi) is 7.62. The van der Waals surface area contributed by atoms with E-state index >= 15 is 0 Å². The summed E-state index contributed by atoms with van der Waals surface area (Å²) < 4.78 is 18.3. The Morgan fingerprint density at radius 2 is 2.17 bits per heavy atom. The first kappa shape index (κ1) is 15.1. The van der Waals surface area contributed by atoms with Crippen LogP contribution in [0.4, 0.5) is 4.39 Å². The monoisotopic (exact) mass is 253 g/mol. The van der Waals surface area contributed by atoms with Crippen molar-refractivity contribution in [3.63, 3.8) is 0 Å². The third-order valence-electron chi connectivity index (χ3n) is 3.11. The van der Waals surface area contributed by atoms with Gasteiger partial charge in [-0.3, -0.25) is 0 Å². The number of benzene rings is 1. The van der Waals surface area contributed by atoms with Crippen molar-refractivity contribution in [1.29, 1.82) is 0 Å². The van der Waals surface area contributed by atoms with Crippen molar-refractivity contribution in [3.8, 4) is 0 Å². The maximum absolute atomic E-state index is 13.3. The summed E-state index contributed by atoms with van der Waals surface area (Å²) in [5, 5.41) is 3.35. The number of methoxy groups -OCH3 is 1. The van der Waals surface area contributed by atoms with Gasteiger partial charge in [0.1, 0.15) is 5.82 Å². The Morgan fingerprint density at radius 3 is 2.83 bits per heavy atom. The molecule has 1 aromatic carbocycles. The summed E-state index contributed by atoms with van der Waals surface area (Å²) in [5.41, 5.74) is 1.09. The lowest BCUT2D eigenvalue weighted by atomic mass is 9.93. The SMILES string of the molecule is CCNCC(CCCCOC)c1cccc(F)c1. The normalized spacial score (nSPS) is 12.6. The Balaban J connectivity index is 2.54. The highest BCUT2D eigenvalue weighted by atomic mass is 19.1. The molecule has 1 aromatic rings. The molecule has 0 radical (unpaired) electrons. The topological polar surface area (TPSA) is 21.3 Å². The predicted octanol–water partition coefficient (Wildman–Crippen LogP) is 3.34. The number of hydrogen-bond donors (Lipinski definition) is 1.